The van der Waals surface area contributed by atoms with Gasteiger partial charge in [0, 0.05) is 0 Å². The van der Waals surface area contributed by atoms with Crippen LogP contribution < -0.4 is 5.73 Å². The van der Waals surface area contributed by atoms with E-state index in [9.17, 15) is 0 Å². The first-order chi connectivity index (χ1) is 7.24. The van der Waals surface area contributed by atoms with Crippen LogP contribution in [0.3, 0.4) is 0 Å². The number of hydrogen-bond donors (Lipinski definition) is 1. The molecule has 2 atom stereocenters. The van der Waals surface area contributed by atoms with Crippen LogP contribution in [-0.2, 0) is 0 Å². The molecule has 15 heavy (non-hydrogen) atoms. The Hall–Kier alpha value is -0.700. The van der Waals surface area contributed by atoms with Crippen molar-refractivity contribution in [1.82, 2.24) is 9.78 Å². The lowest BCUT2D eigenvalue weighted by atomic mass is 9.83. The molecule has 3 nitrogen and oxygen atoms in total. The number of nitrogens with two attached hydrogens (primary N) is 1. The summed E-state index contributed by atoms with van der Waals surface area (Å²) in [4.78, 5) is 0. The molecule has 0 spiro atoms. The summed E-state index contributed by atoms with van der Waals surface area (Å²) in [5.74, 6) is 1.33. The molecule has 4 heteroatoms. The average Bonchev–Trinajstić information content (AvgIpc) is 2.60. The Kier molecular flexibility index (Phi) is 3.19. The maximum Gasteiger partial charge on any atom is 0.140 e. The van der Waals surface area contributed by atoms with Crippen LogP contribution in [0.4, 0.5) is 5.82 Å². The summed E-state index contributed by atoms with van der Waals surface area (Å²) in [7, 11) is 0. The molecule has 2 rings (SSSR count). The van der Waals surface area contributed by atoms with Crippen molar-refractivity contribution in [3.63, 3.8) is 0 Å². The van der Waals surface area contributed by atoms with E-state index < -0.39 is 0 Å². The summed E-state index contributed by atoms with van der Waals surface area (Å²) in [6, 6.07) is 0.455. The van der Waals surface area contributed by atoms with Crippen molar-refractivity contribution in [3.05, 3.63) is 11.2 Å². The summed E-state index contributed by atoms with van der Waals surface area (Å²) >= 11 is 5.93. The topological polar surface area (TPSA) is 43.8 Å². The van der Waals surface area contributed by atoms with E-state index in [2.05, 4.69) is 12.0 Å². The van der Waals surface area contributed by atoms with E-state index in [1.165, 1.54) is 32.1 Å². The van der Waals surface area contributed by atoms with Crippen molar-refractivity contribution >= 4 is 17.4 Å². The first-order valence-corrected chi connectivity index (χ1v) is 6.10. The lowest BCUT2D eigenvalue weighted by molar-refractivity contribution is 0.220. The third kappa shape index (κ3) is 1.98. The van der Waals surface area contributed by atoms with Crippen LogP contribution in [0.5, 0.6) is 0 Å². The first-order valence-electron chi connectivity index (χ1n) is 5.72. The van der Waals surface area contributed by atoms with Gasteiger partial charge in [0.15, 0.2) is 0 Å². The van der Waals surface area contributed by atoms with Gasteiger partial charge < -0.3 is 5.73 Å². The quantitative estimate of drug-likeness (QED) is 0.843. The minimum absolute atomic E-state index is 0.455. The maximum absolute atomic E-state index is 5.93. The van der Waals surface area contributed by atoms with E-state index in [-0.39, 0.29) is 0 Å². The highest BCUT2D eigenvalue weighted by Gasteiger charge is 2.27. The number of nitrogens with zero attached hydrogens (tertiary/aromatic N) is 2. The van der Waals surface area contributed by atoms with Crippen molar-refractivity contribution in [3.8, 4) is 0 Å². The SMILES string of the molecule is CCC1CCCCC1n1ncc(Cl)c1N. The summed E-state index contributed by atoms with van der Waals surface area (Å²) in [5, 5.41) is 4.88. The summed E-state index contributed by atoms with van der Waals surface area (Å²) in [6.07, 6.45) is 7.93. The minimum atomic E-state index is 0.455. The van der Waals surface area contributed by atoms with Gasteiger partial charge >= 0.3 is 0 Å². The maximum atomic E-state index is 5.93. The molecule has 0 amide bonds. The Bertz CT molecular complexity index is 335. The van der Waals surface area contributed by atoms with Crippen molar-refractivity contribution < 1.29 is 0 Å². The smallest absolute Gasteiger partial charge is 0.140 e. The van der Waals surface area contributed by atoms with Gasteiger partial charge in [-0.15, -0.1) is 0 Å². The minimum Gasteiger partial charge on any atom is -0.383 e. The van der Waals surface area contributed by atoms with E-state index in [4.69, 9.17) is 17.3 Å². The van der Waals surface area contributed by atoms with Gasteiger partial charge in [0.1, 0.15) is 10.8 Å². The van der Waals surface area contributed by atoms with Crippen LogP contribution in [0.15, 0.2) is 6.20 Å². The summed E-state index contributed by atoms with van der Waals surface area (Å²) in [5.41, 5.74) is 5.92. The summed E-state index contributed by atoms with van der Waals surface area (Å²) < 4.78 is 1.93. The van der Waals surface area contributed by atoms with Crippen LogP contribution >= 0.6 is 11.6 Å². The normalized spacial score (nSPS) is 26.8. The van der Waals surface area contributed by atoms with Crippen molar-refractivity contribution in [1.29, 1.82) is 0 Å². The molecule has 0 saturated heterocycles. The van der Waals surface area contributed by atoms with Gasteiger partial charge in [-0.1, -0.05) is 37.8 Å². The Balaban J connectivity index is 2.24. The fourth-order valence-electron chi connectivity index (χ4n) is 2.60. The Morgan fingerprint density at radius 2 is 2.27 bits per heavy atom. The number of hydrogen-bond acceptors (Lipinski definition) is 2. The van der Waals surface area contributed by atoms with E-state index >= 15 is 0 Å². The van der Waals surface area contributed by atoms with E-state index in [0.29, 0.717) is 22.8 Å². The molecule has 2 unspecified atom stereocenters. The number of rotatable bonds is 2. The molecular formula is C11H18ClN3. The molecule has 0 aromatic carbocycles. The third-order valence-electron chi connectivity index (χ3n) is 3.49. The van der Waals surface area contributed by atoms with Crippen LogP contribution in [0.1, 0.15) is 45.1 Å². The Labute approximate surface area is 95.6 Å². The zero-order valence-corrected chi connectivity index (χ0v) is 9.87. The van der Waals surface area contributed by atoms with Gasteiger partial charge in [0.05, 0.1) is 12.2 Å². The van der Waals surface area contributed by atoms with E-state index in [0.717, 1.165) is 0 Å². The number of anilines is 1. The highest BCUT2D eigenvalue weighted by atomic mass is 35.5. The second-order valence-corrected chi connectivity index (χ2v) is 4.75. The number of nitrogen functional groups attached to an aromatic ring is 1. The van der Waals surface area contributed by atoms with Gasteiger partial charge in [0.2, 0.25) is 0 Å². The Morgan fingerprint density at radius 3 is 2.87 bits per heavy atom. The molecule has 0 radical (unpaired) electrons. The monoisotopic (exact) mass is 227 g/mol. The lowest BCUT2D eigenvalue weighted by Crippen LogP contribution is -2.24. The van der Waals surface area contributed by atoms with E-state index in [1.807, 2.05) is 4.68 Å². The predicted molar refractivity (Wildman–Crippen MR) is 62.9 cm³/mol. The highest BCUT2D eigenvalue weighted by Crippen LogP contribution is 2.37. The van der Waals surface area contributed by atoms with Crippen molar-refractivity contribution in [2.75, 3.05) is 5.73 Å². The zero-order chi connectivity index (χ0) is 10.8. The Morgan fingerprint density at radius 1 is 1.53 bits per heavy atom. The molecule has 1 saturated carbocycles. The molecule has 2 N–H and O–H groups in total. The lowest BCUT2D eigenvalue weighted by Gasteiger charge is -2.31. The molecule has 1 aliphatic carbocycles. The molecule has 1 aliphatic rings. The van der Waals surface area contributed by atoms with Crippen LogP contribution in [0.2, 0.25) is 5.02 Å². The molecular weight excluding hydrogens is 210 g/mol. The highest BCUT2D eigenvalue weighted by molar-refractivity contribution is 6.32. The fourth-order valence-corrected chi connectivity index (χ4v) is 2.73. The molecule has 1 aromatic rings. The van der Waals surface area contributed by atoms with Crippen molar-refractivity contribution in [2.24, 2.45) is 5.92 Å². The van der Waals surface area contributed by atoms with E-state index in [1.54, 1.807) is 6.20 Å². The summed E-state index contributed by atoms with van der Waals surface area (Å²) in [6.45, 7) is 2.24. The van der Waals surface area contributed by atoms with Crippen molar-refractivity contribution in [2.45, 2.75) is 45.1 Å². The van der Waals surface area contributed by atoms with Gasteiger partial charge in [-0.3, -0.25) is 0 Å². The second kappa shape index (κ2) is 4.44. The molecule has 1 heterocycles. The third-order valence-corrected chi connectivity index (χ3v) is 3.79. The fraction of sp³-hybridized carbons (Fsp3) is 0.727. The molecule has 1 fully saturated rings. The average molecular weight is 228 g/mol. The van der Waals surface area contributed by atoms with Crippen LogP contribution in [-0.4, -0.2) is 9.78 Å². The van der Waals surface area contributed by atoms with Gasteiger partial charge in [-0.05, 0) is 18.8 Å². The van der Waals surface area contributed by atoms with Gasteiger partial charge in [-0.25, -0.2) is 4.68 Å². The van der Waals surface area contributed by atoms with Crippen LogP contribution in [0.25, 0.3) is 0 Å². The molecule has 1 aromatic heterocycles. The van der Waals surface area contributed by atoms with Crippen LogP contribution in [0, 0.1) is 5.92 Å². The standard InChI is InChI=1S/C11H18ClN3/c1-2-8-5-3-4-6-10(8)15-11(13)9(12)7-14-15/h7-8,10H,2-6,13H2,1H3. The molecule has 84 valence electrons. The molecule has 0 bridgehead atoms. The first kappa shape index (κ1) is 10.8. The van der Waals surface area contributed by atoms with Gasteiger partial charge in [-0.2, -0.15) is 5.10 Å². The largest absolute Gasteiger partial charge is 0.383 e. The predicted octanol–water partition coefficient (Wildman–Crippen LogP) is 3.26. The zero-order valence-electron chi connectivity index (χ0n) is 9.12. The number of halogens is 1. The molecule has 0 aliphatic heterocycles. The second-order valence-electron chi connectivity index (χ2n) is 4.34. The van der Waals surface area contributed by atoms with Gasteiger partial charge in [0.25, 0.3) is 0 Å². The number of aromatic nitrogens is 2.